The summed E-state index contributed by atoms with van der Waals surface area (Å²) in [6.45, 7) is 11.8. The van der Waals surface area contributed by atoms with Crippen molar-refractivity contribution in [2.75, 3.05) is 25.1 Å². The van der Waals surface area contributed by atoms with E-state index in [0.717, 1.165) is 23.2 Å². The Morgan fingerprint density at radius 2 is 1.55 bits per heavy atom. The van der Waals surface area contributed by atoms with Crippen LogP contribution in [0.15, 0.2) is 67.0 Å². The number of imidazole rings is 1. The van der Waals surface area contributed by atoms with Gasteiger partial charge in [0.05, 0.1) is 12.9 Å². The minimum atomic E-state index is -2.98. The second-order valence-electron chi connectivity index (χ2n) is 15.6. The lowest BCUT2D eigenvalue weighted by atomic mass is 9.90. The van der Waals surface area contributed by atoms with Gasteiger partial charge in [0.25, 0.3) is 8.32 Å². The molecule has 0 aliphatic carbocycles. The second-order valence-corrected chi connectivity index (χ2v) is 19.9. The molecular weight excluding hydrogens is 762 g/mol. The first kappa shape index (κ1) is 43.9. The lowest BCUT2D eigenvalue weighted by molar-refractivity contribution is -0.152. The summed E-state index contributed by atoms with van der Waals surface area (Å²) in [6.07, 6.45) is 7.29. The topological polar surface area (TPSA) is 153 Å². The molecule has 1 amide bonds. The summed E-state index contributed by atoms with van der Waals surface area (Å²) in [5.41, 5.74) is -1.06. The van der Waals surface area contributed by atoms with Crippen LogP contribution >= 0.6 is 0 Å². The summed E-state index contributed by atoms with van der Waals surface area (Å²) in [4.78, 5) is 49.8. The van der Waals surface area contributed by atoms with Crippen molar-refractivity contribution < 1.29 is 42.1 Å². The van der Waals surface area contributed by atoms with Gasteiger partial charge in [0, 0.05) is 18.8 Å². The van der Waals surface area contributed by atoms with Gasteiger partial charge in [-0.05, 0) is 34.7 Å². The first-order valence-electron chi connectivity index (χ1n) is 19.9. The fourth-order valence-electron chi connectivity index (χ4n) is 7.18. The Bertz CT molecular complexity index is 1990. The number of hydrogen-bond donors (Lipinski definition) is 1. The number of hydrogen-bond acceptors (Lipinski definition) is 11. The average molecular weight is 816 g/mol. The van der Waals surface area contributed by atoms with Crippen LogP contribution in [0.2, 0.25) is 5.04 Å². The van der Waals surface area contributed by atoms with Crippen molar-refractivity contribution in [3.63, 3.8) is 0 Å². The van der Waals surface area contributed by atoms with E-state index in [0.29, 0.717) is 19.3 Å². The molecule has 1 saturated heterocycles. The van der Waals surface area contributed by atoms with Crippen molar-refractivity contribution in [1.82, 2.24) is 19.5 Å². The van der Waals surface area contributed by atoms with Gasteiger partial charge in [-0.3, -0.25) is 19.5 Å². The van der Waals surface area contributed by atoms with Crippen molar-refractivity contribution in [2.24, 2.45) is 5.92 Å². The first-order chi connectivity index (χ1) is 27.8. The second kappa shape index (κ2) is 19.5. The number of terminal acetylenes is 1. The third kappa shape index (κ3) is 10.1. The zero-order valence-electron chi connectivity index (χ0n) is 34.2. The van der Waals surface area contributed by atoms with E-state index < -0.39 is 50.4 Å². The molecule has 3 heterocycles. The maximum absolute atomic E-state index is 15.1. The molecule has 0 saturated carbocycles. The van der Waals surface area contributed by atoms with Crippen molar-refractivity contribution in [3.8, 4) is 12.3 Å². The summed E-state index contributed by atoms with van der Waals surface area (Å²) >= 11 is 0. The van der Waals surface area contributed by atoms with Crippen molar-refractivity contribution in [1.29, 1.82) is 0 Å². The molecule has 2 aromatic carbocycles. The summed E-state index contributed by atoms with van der Waals surface area (Å²) in [6, 6.07) is 20.5. The summed E-state index contributed by atoms with van der Waals surface area (Å²) < 4.78 is 46.6. The van der Waals surface area contributed by atoms with Crippen molar-refractivity contribution >= 4 is 53.7 Å². The largest absolute Gasteiger partial charge is 0.462 e. The van der Waals surface area contributed by atoms with E-state index in [9.17, 15) is 14.4 Å². The molecule has 0 bridgehead atoms. The first-order valence-corrected chi connectivity index (χ1v) is 21.8. The molecule has 310 valence electrons. The molecular formula is C43H54FN5O8Si. The molecule has 2 aromatic heterocycles. The number of carbonyl (C=O) groups excluding carboxylic acids is 3. The predicted molar refractivity (Wildman–Crippen MR) is 219 cm³/mol. The molecule has 0 unspecified atom stereocenters. The highest BCUT2D eigenvalue weighted by Crippen LogP contribution is 2.44. The van der Waals surface area contributed by atoms with Gasteiger partial charge in [0.15, 0.2) is 28.7 Å². The molecule has 3 atom stereocenters. The summed E-state index contributed by atoms with van der Waals surface area (Å²) in [5, 5.41) is 4.32. The number of nitrogens with zero attached hydrogens (tertiary/aromatic N) is 4. The van der Waals surface area contributed by atoms with Crippen LogP contribution < -0.4 is 15.7 Å². The van der Waals surface area contributed by atoms with Gasteiger partial charge >= 0.3 is 24.1 Å². The average Bonchev–Trinajstić information content (AvgIpc) is 3.78. The highest BCUT2D eigenvalue weighted by molar-refractivity contribution is 6.99. The fourth-order valence-corrected chi connectivity index (χ4v) is 11.8. The van der Waals surface area contributed by atoms with Crippen LogP contribution in [0.5, 0.6) is 0 Å². The number of rotatable bonds is 18. The van der Waals surface area contributed by atoms with Gasteiger partial charge in [0.2, 0.25) is 0 Å². The van der Waals surface area contributed by atoms with E-state index in [1.165, 1.54) is 6.33 Å². The van der Waals surface area contributed by atoms with E-state index in [1.54, 1.807) is 4.57 Å². The molecule has 1 aliphatic rings. The van der Waals surface area contributed by atoms with Crippen LogP contribution in [0.25, 0.3) is 11.2 Å². The zero-order valence-corrected chi connectivity index (χ0v) is 35.2. The van der Waals surface area contributed by atoms with Gasteiger partial charge in [-0.2, -0.15) is 14.4 Å². The van der Waals surface area contributed by atoms with Crippen molar-refractivity contribution in [3.05, 3.63) is 73.1 Å². The lowest BCUT2D eigenvalue weighted by Gasteiger charge is -2.44. The Kier molecular flexibility index (Phi) is 14.8. The number of carbonyl (C=O) groups is 3. The number of fused-ring (bicyclic) bond motifs is 1. The molecule has 1 fully saturated rings. The zero-order chi connectivity index (χ0) is 41.9. The number of ether oxygens (including phenoxy) is 4. The molecule has 13 nitrogen and oxygen atoms in total. The summed E-state index contributed by atoms with van der Waals surface area (Å²) in [7, 11) is -2.98. The van der Waals surface area contributed by atoms with E-state index >= 15 is 4.39 Å². The van der Waals surface area contributed by atoms with E-state index in [4.69, 9.17) is 29.8 Å². The van der Waals surface area contributed by atoms with Crippen LogP contribution in [-0.2, 0) is 33.0 Å². The Morgan fingerprint density at radius 1 is 0.983 bits per heavy atom. The van der Waals surface area contributed by atoms with E-state index in [-0.39, 0.29) is 60.6 Å². The molecule has 4 aromatic rings. The van der Waals surface area contributed by atoms with Gasteiger partial charge in [0.1, 0.15) is 19.4 Å². The number of benzene rings is 2. The maximum atomic E-state index is 15.1. The summed E-state index contributed by atoms with van der Waals surface area (Å²) in [5.74, 6) is 1.47. The van der Waals surface area contributed by atoms with Gasteiger partial charge in [-0.25, -0.2) is 9.78 Å². The number of esters is 2. The van der Waals surface area contributed by atoms with Crippen LogP contribution in [0.3, 0.4) is 0 Å². The third-order valence-corrected chi connectivity index (χ3v) is 15.4. The monoisotopic (exact) mass is 815 g/mol. The molecule has 1 aliphatic heterocycles. The van der Waals surface area contributed by atoms with Crippen LogP contribution in [0.1, 0.15) is 92.7 Å². The molecule has 0 radical (unpaired) electrons. The Balaban J connectivity index is 1.36. The number of nitrogens with one attached hydrogen (secondary N) is 1. The van der Waals surface area contributed by atoms with Gasteiger partial charge < -0.3 is 23.4 Å². The number of unbranched alkanes of at least 4 members (excludes halogenated alkanes) is 2. The molecule has 58 heavy (non-hydrogen) atoms. The highest BCUT2D eigenvalue weighted by atomic mass is 28.4. The normalized spacial score (nSPS) is 18.2. The number of aromatic nitrogens is 4. The standard InChI is InChI=1S/C43H54FN5O8Si/c1-8-11-23-35(50)53-26-31(27-54-36(51)24-12-9-2)56-41(52)47-38-37-39(48-40(44)46-38)49(29-45-37)34-25-30(4)43(10-3,57-34)28-55-58(42(5,6)7,32-19-15-13-16-20-32)33-21-17-14-18-22-33/h3,13-22,29-31,34H,8-9,11-12,23-28H2,1-2,4-7H3,(H,46,47,48,52)/t30-,34+,43+/m0/s1. The van der Waals surface area contributed by atoms with Crippen LogP contribution in [-0.4, -0.2) is 77.4 Å². The molecule has 0 spiro atoms. The number of anilines is 1. The number of halogens is 1. The molecule has 1 N–H and O–H groups in total. The van der Waals surface area contributed by atoms with Crippen LogP contribution in [0, 0.1) is 24.3 Å². The lowest BCUT2D eigenvalue weighted by Crippen LogP contribution is -2.67. The minimum Gasteiger partial charge on any atom is -0.462 e. The minimum absolute atomic E-state index is 0.0481. The Labute approximate surface area is 340 Å². The Morgan fingerprint density at radius 3 is 2.07 bits per heavy atom. The fraction of sp³-hybridized carbons (Fsp3) is 0.488. The smallest absolute Gasteiger partial charge is 0.413 e. The molecule has 15 heteroatoms. The van der Waals surface area contributed by atoms with E-state index in [2.05, 4.69) is 71.2 Å². The highest BCUT2D eigenvalue weighted by Gasteiger charge is 2.54. The maximum Gasteiger partial charge on any atom is 0.413 e. The van der Waals surface area contributed by atoms with Gasteiger partial charge in [-0.15, -0.1) is 6.42 Å². The molecule has 5 rings (SSSR count). The van der Waals surface area contributed by atoms with Crippen molar-refractivity contribution in [2.45, 2.75) is 109 Å². The number of amides is 1. The van der Waals surface area contributed by atoms with Crippen LogP contribution in [0.4, 0.5) is 15.0 Å². The quantitative estimate of drug-likeness (QED) is 0.0369. The Hall–Kier alpha value is -5.17. The van der Waals surface area contributed by atoms with Gasteiger partial charge in [-0.1, -0.05) is 121 Å². The SMILES string of the molecule is C#C[C@]1(CO[Si](c2ccccc2)(c2ccccc2)C(C)(C)C)O[C@@H](n2cnc3c(NC(=O)OC(COC(=O)CCCC)COC(=O)CCCC)nc(F)nc32)C[C@@H]1C. The predicted octanol–water partition coefficient (Wildman–Crippen LogP) is 6.85. The van der Waals surface area contributed by atoms with E-state index in [1.807, 2.05) is 57.2 Å². The third-order valence-electron chi connectivity index (χ3n) is 10.4.